The van der Waals surface area contributed by atoms with Crippen LogP contribution >= 0.6 is 0 Å². The molecule has 20 heavy (non-hydrogen) atoms. The van der Waals surface area contributed by atoms with Crippen LogP contribution < -0.4 is 5.73 Å². The van der Waals surface area contributed by atoms with E-state index in [0.717, 1.165) is 6.20 Å². The third-order valence-electron chi connectivity index (χ3n) is 3.05. The highest BCUT2D eigenvalue weighted by atomic mass is 16.6. The maximum absolute atomic E-state index is 9.86. The average molecular weight is 284 g/mol. The van der Waals surface area contributed by atoms with Crippen molar-refractivity contribution in [3.05, 3.63) is 23.2 Å². The number of anilines is 1. The molecule has 4 atom stereocenters. The summed E-state index contributed by atoms with van der Waals surface area (Å²) in [5, 5.41) is 46.4. The Morgan fingerprint density at radius 2 is 2.25 bits per heavy atom. The van der Waals surface area contributed by atoms with Crippen LogP contribution in [-0.4, -0.2) is 54.9 Å². The fourth-order valence-corrected chi connectivity index (χ4v) is 2.00. The minimum atomic E-state index is -1.31. The van der Waals surface area contributed by atoms with Crippen molar-refractivity contribution in [1.29, 1.82) is 5.39 Å². The summed E-state index contributed by atoms with van der Waals surface area (Å²) < 4.78 is 6.47. The SMILES string of the molecule is N#[N+]/C=C(\O)c1ncn([C@@H]2O[C@H](CO)[C@@H](O)[C@H]2O)c1N. The smallest absolute Gasteiger partial charge is 0.394 e. The van der Waals surface area contributed by atoms with Gasteiger partial charge in [-0.2, -0.15) is 0 Å². The predicted molar refractivity (Wildman–Crippen MR) is 65.3 cm³/mol. The Bertz CT molecular complexity index is 565. The molecule has 1 aliphatic heterocycles. The Labute approximate surface area is 113 Å². The quantitative estimate of drug-likeness (QED) is 0.341. The molecule has 1 aliphatic rings. The standard InChI is InChI=1S/C10H13N5O5/c11-9-6(4(17)1-14-12)13-3-15(9)10-8(19)7(18)5(2-16)20-10/h1,3,5,7-8,10,16,18-19H,2,11H2/p+1/b4-1-/t5-,7-,8-,10-/m1/s1. The number of aliphatic hydroxyl groups is 4. The van der Waals surface area contributed by atoms with E-state index in [1.165, 1.54) is 10.9 Å². The minimum Gasteiger partial charge on any atom is -0.500 e. The number of nitrogens with zero attached hydrogens (tertiary/aromatic N) is 4. The van der Waals surface area contributed by atoms with Crippen molar-refractivity contribution in [1.82, 2.24) is 9.55 Å². The van der Waals surface area contributed by atoms with Crippen LogP contribution in [0.1, 0.15) is 11.9 Å². The predicted octanol–water partition coefficient (Wildman–Crippen LogP) is -1.21. The molecule has 1 saturated heterocycles. The van der Waals surface area contributed by atoms with E-state index in [9.17, 15) is 15.3 Å². The fourth-order valence-electron chi connectivity index (χ4n) is 2.00. The molecule has 0 spiro atoms. The molecule has 1 fully saturated rings. The zero-order valence-electron chi connectivity index (χ0n) is 10.2. The summed E-state index contributed by atoms with van der Waals surface area (Å²) >= 11 is 0. The van der Waals surface area contributed by atoms with E-state index >= 15 is 0 Å². The number of hydrogen-bond acceptors (Lipinski definition) is 8. The largest absolute Gasteiger partial charge is 0.500 e. The number of diazo groups is 1. The van der Waals surface area contributed by atoms with Gasteiger partial charge in [-0.25, -0.2) is 4.98 Å². The Balaban J connectivity index is 2.32. The van der Waals surface area contributed by atoms with Crippen molar-refractivity contribution >= 4 is 11.6 Å². The van der Waals surface area contributed by atoms with Crippen molar-refractivity contribution in [2.75, 3.05) is 12.3 Å². The lowest BCUT2D eigenvalue weighted by Crippen LogP contribution is -2.33. The summed E-state index contributed by atoms with van der Waals surface area (Å²) in [6, 6.07) is 0. The molecule has 1 aromatic rings. The number of ether oxygens (including phenoxy) is 1. The van der Waals surface area contributed by atoms with Crippen LogP contribution in [0.25, 0.3) is 10.7 Å². The van der Waals surface area contributed by atoms with Gasteiger partial charge in [0, 0.05) is 0 Å². The first-order valence-electron chi connectivity index (χ1n) is 5.69. The van der Waals surface area contributed by atoms with Crippen LogP contribution in [0.15, 0.2) is 12.5 Å². The first-order valence-corrected chi connectivity index (χ1v) is 5.69. The summed E-state index contributed by atoms with van der Waals surface area (Å²) in [6.07, 6.45) is -2.66. The average Bonchev–Trinajstić information content (AvgIpc) is 2.93. The molecule has 0 amide bonds. The van der Waals surface area contributed by atoms with Crippen molar-refractivity contribution in [2.45, 2.75) is 24.5 Å². The lowest BCUT2D eigenvalue weighted by atomic mass is 10.1. The van der Waals surface area contributed by atoms with Crippen LogP contribution in [0.5, 0.6) is 0 Å². The van der Waals surface area contributed by atoms with E-state index < -0.39 is 36.9 Å². The third kappa shape index (κ3) is 2.19. The summed E-state index contributed by atoms with van der Waals surface area (Å²) in [7, 11) is 0. The topological polar surface area (TPSA) is 162 Å². The fraction of sp³-hybridized carbons (Fsp3) is 0.500. The molecule has 108 valence electrons. The summed E-state index contributed by atoms with van der Waals surface area (Å²) in [6.45, 7) is -0.468. The highest BCUT2D eigenvalue weighted by Crippen LogP contribution is 2.32. The van der Waals surface area contributed by atoms with Gasteiger partial charge in [0.25, 0.3) is 0 Å². The third-order valence-corrected chi connectivity index (χ3v) is 3.05. The minimum absolute atomic E-state index is 0.0581. The molecule has 0 aliphatic carbocycles. The molecule has 0 aromatic carbocycles. The molecule has 10 nitrogen and oxygen atoms in total. The van der Waals surface area contributed by atoms with Crippen LogP contribution in [0.4, 0.5) is 5.82 Å². The number of nitrogens with two attached hydrogens (primary N) is 1. The number of rotatable bonds is 3. The van der Waals surface area contributed by atoms with Crippen LogP contribution in [0, 0.1) is 5.39 Å². The second kappa shape index (κ2) is 5.43. The molecule has 0 saturated carbocycles. The van der Waals surface area contributed by atoms with E-state index in [1.807, 2.05) is 0 Å². The summed E-state index contributed by atoms with van der Waals surface area (Å²) in [4.78, 5) is 6.44. The van der Waals surface area contributed by atoms with Gasteiger partial charge in [-0.05, 0) is 0 Å². The number of aromatic nitrogens is 2. The van der Waals surface area contributed by atoms with Gasteiger partial charge >= 0.3 is 6.20 Å². The molecule has 1 aromatic heterocycles. The molecule has 2 rings (SSSR count). The second-order valence-electron chi connectivity index (χ2n) is 4.24. The van der Waals surface area contributed by atoms with E-state index in [-0.39, 0.29) is 11.5 Å². The van der Waals surface area contributed by atoms with Crippen molar-refractivity contribution in [3.8, 4) is 0 Å². The van der Waals surface area contributed by atoms with Gasteiger partial charge in [-0.3, -0.25) is 4.57 Å². The van der Waals surface area contributed by atoms with E-state index in [4.69, 9.17) is 21.0 Å². The lowest BCUT2D eigenvalue weighted by Gasteiger charge is -2.17. The van der Waals surface area contributed by atoms with Crippen LogP contribution in [0.2, 0.25) is 0 Å². The first-order chi connectivity index (χ1) is 9.51. The maximum atomic E-state index is 9.86. The van der Waals surface area contributed by atoms with Gasteiger partial charge in [-0.1, -0.05) is 0 Å². The molecule has 0 unspecified atom stereocenters. The van der Waals surface area contributed by atoms with Gasteiger partial charge in [0.2, 0.25) is 11.2 Å². The van der Waals surface area contributed by atoms with Gasteiger partial charge in [0.15, 0.2) is 16.9 Å². The Kier molecular flexibility index (Phi) is 3.86. The summed E-state index contributed by atoms with van der Waals surface area (Å²) in [5.74, 6) is -0.535. The van der Waals surface area contributed by atoms with Crippen molar-refractivity contribution in [3.63, 3.8) is 0 Å². The van der Waals surface area contributed by atoms with Crippen LogP contribution in [0.3, 0.4) is 0 Å². The highest BCUT2D eigenvalue weighted by Gasteiger charge is 2.44. The van der Waals surface area contributed by atoms with E-state index in [2.05, 4.69) is 9.96 Å². The van der Waals surface area contributed by atoms with Gasteiger partial charge in [0.05, 0.1) is 12.9 Å². The summed E-state index contributed by atoms with van der Waals surface area (Å²) in [5.41, 5.74) is 5.68. The molecule has 2 heterocycles. The van der Waals surface area contributed by atoms with E-state index in [0.29, 0.717) is 0 Å². The van der Waals surface area contributed by atoms with Crippen molar-refractivity contribution in [2.24, 2.45) is 0 Å². The monoisotopic (exact) mass is 284 g/mol. The number of aliphatic hydroxyl groups excluding tert-OH is 4. The number of hydrogen-bond donors (Lipinski definition) is 5. The second-order valence-corrected chi connectivity index (χ2v) is 4.24. The van der Waals surface area contributed by atoms with Gasteiger partial charge in [0.1, 0.15) is 24.1 Å². The Morgan fingerprint density at radius 1 is 1.55 bits per heavy atom. The van der Waals surface area contributed by atoms with Crippen LogP contribution in [-0.2, 0) is 4.74 Å². The van der Waals surface area contributed by atoms with Crippen molar-refractivity contribution < 1.29 is 25.2 Å². The zero-order chi connectivity index (χ0) is 14.9. The molecular weight excluding hydrogens is 270 g/mol. The molecule has 6 N–H and O–H groups in total. The normalized spacial score (nSPS) is 30.4. The molecule has 0 radical (unpaired) electrons. The molecular formula is C10H14N5O5+. The van der Waals surface area contributed by atoms with Gasteiger partial charge < -0.3 is 30.9 Å². The van der Waals surface area contributed by atoms with Gasteiger partial charge in [-0.15, -0.1) is 0 Å². The van der Waals surface area contributed by atoms with E-state index in [1.54, 1.807) is 0 Å². The Morgan fingerprint density at radius 3 is 2.80 bits per heavy atom. The zero-order valence-corrected chi connectivity index (χ0v) is 10.2. The maximum Gasteiger partial charge on any atom is 0.394 e. The molecule has 10 heteroatoms. The Hall–Kier alpha value is -2.19. The highest BCUT2D eigenvalue weighted by molar-refractivity contribution is 5.65. The molecule has 0 bridgehead atoms. The number of imidazole rings is 1. The number of nitrogen functional groups attached to an aromatic ring is 1. The first kappa shape index (κ1) is 14.2. The lowest BCUT2D eigenvalue weighted by molar-refractivity contribution is -0.0518.